The Morgan fingerprint density at radius 3 is 2.44 bits per heavy atom. The molecular formula is C23H21ClF3N5O2. The fourth-order valence-electron chi connectivity index (χ4n) is 3.95. The molecule has 3 heterocycles. The third-order valence-corrected chi connectivity index (χ3v) is 6.11. The van der Waals surface area contributed by atoms with Gasteiger partial charge in [0.2, 0.25) is 0 Å². The van der Waals surface area contributed by atoms with Crippen molar-refractivity contribution in [1.29, 1.82) is 0 Å². The van der Waals surface area contributed by atoms with Crippen LogP contribution in [-0.4, -0.2) is 46.2 Å². The molecular weight excluding hydrogens is 471 g/mol. The number of aromatic nitrogens is 3. The topological polar surface area (TPSA) is 94.2 Å². The van der Waals surface area contributed by atoms with Crippen LogP contribution in [-0.2, 0) is 6.18 Å². The summed E-state index contributed by atoms with van der Waals surface area (Å²) >= 11 is 6.12. The van der Waals surface area contributed by atoms with E-state index < -0.39 is 11.7 Å². The minimum atomic E-state index is -4.51. The minimum Gasteiger partial charge on any atom is -0.496 e. The smallest absolute Gasteiger partial charge is 0.416 e. The highest BCUT2D eigenvalue weighted by Gasteiger charge is 2.31. The first-order valence-electron chi connectivity index (χ1n) is 10.5. The summed E-state index contributed by atoms with van der Waals surface area (Å²) in [6.07, 6.45) is -1.67. The highest BCUT2D eigenvalue weighted by Crippen LogP contribution is 2.39. The van der Waals surface area contributed by atoms with Gasteiger partial charge < -0.3 is 15.4 Å². The Kier molecular flexibility index (Phi) is 6.60. The van der Waals surface area contributed by atoms with E-state index in [0.29, 0.717) is 30.0 Å². The number of anilines is 1. The standard InChI is InChI=1S/C23H21ClF3N5O2/c1-34-20-11-19(29-12-16(20)15-3-2-14(10-17(15)24)23(25,26)27)22(33)32-8-6-13(7-9-32)18-4-5-21(28)31-30-18/h2-5,10-13H,6-9H2,1H3,(H2,28,31). The number of ether oxygens (including phenoxy) is 1. The predicted octanol–water partition coefficient (Wildman–Crippen LogP) is 4.82. The van der Waals surface area contributed by atoms with Gasteiger partial charge in [0.25, 0.3) is 5.91 Å². The highest BCUT2D eigenvalue weighted by molar-refractivity contribution is 6.33. The number of nitrogen functional groups attached to an aromatic ring is 1. The van der Waals surface area contributed by atoms with E-state index in [9.17, 15) is 18.0 Å². The average molecular weight is 492 g/mol. The number of hydrogen-bond donors (Lipinski definition) is 1. The molecule has 1 aliphatic heterocycles. The minimum absolute atomic E-state index is 0.0955. The number of rotatable bonds is 4. The number of piperidine rings is 1. The second-order valence-electron chi connectivity index (χ2n) is 7.91. The van der Waals surface area contributed by atoms with Crippen molar-refractivity contribution in [2.45, 2.75) is 24.9 Å². The summed E-state index contributed by atoms with van der Waals surface area (Å²) in [5, 5.41) is 7.93. The number of carbonyl (C=O) groups excluding carboxylic acids is 1. The van der Waals surface area contributed by atoms with Gasteiger partial charge in [0.15, 0.2) is 0 Å². The first-order chi connectivity index (χ1) is 16.2. The summed E-state index contributed by atoms with van der Waals surface area (Å²) in [6.45, 7) is 1.04. The average Bonchev–Trinajstić information content (AvgIpc) is 2.83. The lowest BCUT2D eigenvalue weighted by Gasteiger charge is -2.31. The molecule has 0 saturated carbocycles. The Labute approximate surface area is 198 Å². The molecule has 1 saturated heterocycles. The summed E-state index contributed by atoms with van der Waals surface area (Å²) in [4.78, 5) is 19.0. The normalized spacial score (nSPS) is 14.8. The number of nitrogens with zero attached hydrogens (tertiary/aromatic N) is 4. The van der Waals surface area contributed by atoms with Crippen LogP contribution in [0.1, 0.15) is 40.5 Å². The van der Waals surface area contributed by atoms with Crippen molar-refractivity contribution in [3.63, 3.8) is 0 Å². The van der Waals surface area contributed by atoms with Gasteiger partial charge in [-0.2, -0.15) is 18.3 Å². The summed E-state index contributed by atoms with van der Waals surface area (Å²) in [7, 11) is 1.41. The molecule has 0 spiro atoms. The molecule has 2 N–H and O–H groups in total. The van der Waals surface area contributed by atoms with Crippen molar-refractivity contribution in [2.75, 3.05) is 25.9 Å². The van der Waals surface area contributed by atoms with Crippen LogP contribution in [0, 0.1) is 0 Å². The fraction of sp³-hybridized carbons (Fsp3) is 0.304. The van der Waals surface area contributed by atoms with E-state index in [1.54, 1.807) is 11.0 Å². The predicted molar refractivity (Wildman–Crippen MR) is 121 cm³/mol. The first-order valence-corrected chi connectivity index (χ1v) is 10.8. The van der Waals surface area contributed by atoms with Crippen LogP contribution in [0.4, 0.5) is 19.0 Å². The lowest BCUT2D eigenvalue weighted by molar-refractivity contribution is -0.137. The van der Waals surface area contributed by atoms with E-state index in [0.717, 1.165) is 30.7 Å². The quantitative estimate of drug-likeness (QED) is 0.562. The molecule has 0 radical (unpaired) electrons. The lowest BCUT2D eigenvalue weighted by atomic mass is 9.93. The van der Waals surface area contributed by atoms with Gasteiger partial charge in [0, 0.05) is 47.4 Å². The molecule has 1 aromatic carbocycles. The number of carbonyl (C=O) groups is 1. The summed E-state index contributed by atoms with van der Waals surface area (Å²) in [5.41, 5.74) is 6.47. The maximum atomic E-state index is 13.0. The molecule has 11 heteroatoms. The Morgan fingerprint density at radius 1 is 1.12 bits per heavy atom. The van der Waals surface area contributed by atoms with Crippen LogP contribution >= 0.6 is 11.6 Å². The molecule has 1 aliphatic rings. The number of alkyl halides is 3. The first kappa shape index (κ1) is 23.7. The zero-order valence-electron chi connectivity index (χ0n) is 18.1. The monoisotopic (exact) mass is 491 g/mol. The summed E-state index contributed by atoms with van der Waals surface area (Å²) in [5.74, 6) is 0.568. The number of methoxy groups -OCH3 is 1. The van der Waals surface area contributed by atoms with Gasteiger partial charge in [-0.1, -0.05) is 17.7 Å². The van der Waals surface area contributed by atoms with Gasteiger partial charge in [-0.25, -0.2) is 0 Å². The molecule has 1 fully saturated rings. The Morgan fingerprint density at radius 2 is 1.85 bits per heavy atom. The maximum absolute atomic E-state index is 13.0. The van der Waals surface area contributed by atoms with E-state index >= 15 is 0 Å². The van der Waals surface area contributed by atoms with E-state index in [1.165, 1.54) is 25.4 Å². The van der Waals surface area contributed by atoms with Crippen LogP contribution in [0.15, 0.2) is 42.6 Å². The number of likely N-dealkylation sites (tertiary alicyclic amines) is 1. The largest absolute Gasteiger partial charge is 0.496 e. The van der Waals surface area contributed by atoms with Gasteiger partial charge in [-0.3, -0.25) is 9.78 Å². The van der Waals surface area contributed by atoms with Gasteiger partial charge in [-0.05, 0) is 37.1 Å². The Balaban J connectivity index is 1.50. The molecule has 4 rings (SSSR count). The molecule has 178 valence electrons. The molecule has 0 atom stereocenters. The maximum Gasteiger partial charge on any atom is 0.416 e. The summed E-state index contributed by atoms with van der Waals surface area (Å²) < 4.78 is 44.3. The molecule has 2 aromatic heterocycles. The molecule has 7 nitrogen and oxygen atoms in total. The molecule has 34 heavy (non-hydrogen) atoms. The molecule has 0 unspecified atom stereocenters. The van der Waals surface area contributed by atoms with Crippen LogP contribution in [0.5, 0.6) is 5.75 Å². The second-order valence-corrected chi connectivity index (χ2v) is 8.32. The molecule has 1 amide bonds. The van der Waals surface area contributed by atoms with E-state index in [-0.39, 0.29) is 28.3 Å². The van der Waals surface area contributed by atoms with Crippen molar-refractivity contribution < 1.29 is 22.7 Å². The Hall–Kier alpha value is -3.40. The third kappa shape index (κ3) is 4.91. The van der Waals surface area contributed by atoms with Crippen molar-refractivity contribution in [3.8, 4) is 16.9 Å². The van der Waals surface area contributed by atoms with E-state index in [4.69, 9.17) is 22.1 Å². The Bertz CT molecular complexity index is 1200. The fourth-order valence-corrected chi connectivity index (χ4v) is 4.23. The van der Waals surface area contributed by atoms with Gasteiger partial charge in [0.05, 0.1) is 18.4 Å². The van der Waals surface area contributed by atoms with E-state index in [2.05, 4.69) is 15.2 Å². The molecule has 3 aromatic rings. The van der Waals surface area contributed by atoms with Crippen LogP contribution in [0.2, 0.25) is 5.02 Å². The number of benzene rings is 1. The van der Waals surface area contributed by atoms with Crippen LogP contribution in [0.25, 0.3) is 11.1 Å². The zero-order valence-corrected chi connectivity index (χ0v) is 18.9. The van der Waals surface area contributed by atoms with Gasteiger partial charge in [0.1, 0.15) is 17.3 Å². The van der Waals surface area contributed by atoms with Gasteiger partial charge in [-0.15, -0.1) is 5.10 Å². The second kappa shape index (κ2) is 9.46. The van der Waals surface area contributed by atoms with Crippen molar-refractivity contribution >= 4 is 23.3 Å². The highest BCUT2D eigenvalue weighted by atomic mass is 35.5. The number of amides is 1. The van der Waals surface area contributed by atoms with Crippen molar-refractivity contribution in [2.24, 2.45) is 0 Å². The van der Waals surface area contributed by atoms with Crippen LogP contribution in [0.3, 0.4) is 0 Å². The number of pyridine rings is 1. The molecule has 0 bridgehead atoms. The van der Waals surface area contributed by atoms with Crippen LogP contribution < -0.4 is 10.5 Å². The SMILES string of the molecule is COc1cc(C(=O)N2CCC(c3ccc(N)nn3)CC2)ncc1-c1ccc(C(F)(F)F)cc1Cl. The summed E-state index contributed by atoms with van der Waals surface area (Å²) in [6, 6.07) is 8.09. The number of nitrogens with two attached hydrogens (primary N) is 1. The van der Waals surface area contributed by atoms with Crippen molar-refractivity contribution in [1.82, 2.24) is 20.1 Å². The van der Waals surface area contributed by atoms with Crippen molar-refractivity contribution in [3.05, 3.63) is 64.6 Å². The molecule has 0 aliphatic carbocycles. The zero-order chi connectivity index (χ0) is 24.5. The lowest BCUT2D eigenvalue weighted by Crippen LogP contribution is -2.38. The third-order valence-electron chi connectivity index (χ3n) is 5.80. The van der Waals surface area contributed by atoms with Gasteiger partial charge >= 0.3 is 6.18 Å². The number of hydrogen-bond acceptors (Lipinski definition) is 6. The van der Waals surface area contributed by atoms with E-state index in [1.807, 2.05) is 6.07 Å². The number of halogens is 4.